The second-order valence-corrected chi connectivity index (χ2v) is 10.7. The highest BCUT2D eigenvalue weighted by atomic mass is 19.4. The number of pyridine rings is 1. The van der Waals surface area contributed by atoms with Crippen molar-refractivity contribution in [1.29, 1.82) is 0 Å². The Balaban J connectivity index is 1.96. The van der Waals surface area contributed by atoms with Gasteiger partial charge in [-0.05, 0) is 61.4 Å². The molecule has 0 aliphatic heterocycles. The third kappa shape index (κ3) is 4.51. The first-order chi connectivity index (χ1) is 18.8. The molecule has 0 N–H and O–H groups in total. The van der Waals surface area contributed by atoms with E-state index in [1.807, 2.05) is 32.1 Å². The van der Waals surface area contributed by atoms with Crippen molar-refractivity contribution in [3.63, 3.8) is 0 Å². The van der Waals surface area contributed by atoms with Gasteiger partial charge in [0.15, 0.2) is 0 Å². The maximum Gasteiger partial charge on any atom is 0.417 e. The molecule has 2 heterocycles. The van der Waals surface area contributed by atoms with E-state index in [0.717, 1.165) is 47.2 Å². The molecule has 0 bridgehead atoms. The summed E-state index contributed by atoms with van der Waals surface area (Å²) in [5.41, 5.74) is -0.575. The second-order valence-electron chi connectivity index (χ2n) is 10.7. The number of nitrogens with zero attached hydrogens (tertiary/aromatic N) is 2. The third-order valence-corrected chi connectivity index (χ3v) is 8.20. The number of allylic oxidation sites excluding steroid dienone is 3. The fourth-order valence-electron chi connectivity index (χ4n) is 6.02. The number of hydrogen-bond donors (Lipinski definition) is 0. The number of imidazole rings is 1. The Morgan fingerprint density at radius 2 is 1.68 bits per heavy atom. The van der Waals surface area contributed by atoms with Crippen molar-refractivity contribution in [2.45, 2.75) is 65.2 Å². The predicted octanol–water partition coefficient (Wildman–Crippen LogP) is 10.4. The van der Waals surface area contributed by atoms with E-state index in [9.17, 15) is 26.3 Å². The van der Waals surface area contributed by atoms with Gasteiger partial charge in [-0.15, -0.1) is 0 Å². The van der Waals surface area contributed by atoms with Gasteiger partial charge in [0.05, 0.1) is 28.5 Å². The van der Waals surface area contributed by atoms with Gasteiger partial charge in [0.25, 0.3) is 0 Å². The van der Waals surface area contributed by atoms with Gasteiger partial charge < -0.3 is 0 Å². The largest absolute Gasteiger partial charge is 0.417 e. The highest BCUT2D eigenvalue weighted by Crippen LogP contribution is 2.51. The Morgan fingerprint density at radius 3 is 2.27 bits per heavy atom. The molecule has 1 aliphatic rings. The van der Waals surface area contributed by atoms with Crippen LogP contribution in [-0.4, -0.2) is 9.38 Å². The number of alkyl halides is 6. The predicted molar refractivity (Wildman–Crippen MR) is 147 cm³/mol. The summed E-state index contributed by atoms with van der Waals surface area (Å²) < 4.78 is 86.8. The highest BCUT2D eigenvalue weighted by molar-refractivity contribution is 5.96. The molecule has 0 fully saturated rings. The summed E-state index contributed by atoms with van der Waals surface area (Å²) in [6.07, 6.45) is 1.87. The fourth-order valence-corrected chi connectivity index (χ4v) is 6.02. The summed E-state index contributed by atoms with van der Waals surface area (Å²) in [6, 6.07) is 7.70. The van der Waals surface area contributed by atoms with Gasteiger partial charge in [-0.25, -0.2) is 4.98 Å². The van der Waals surface area contributed by atoms with Crippen LogP contribution in [0.2, 0.25) is 0 Å². The highest BCUT2D eigenvalue weighted by Gasteiger charge is 2.43. The minimum atomic E-state index is -5.00. The van der Waals surface area contributed by atoms with E-state index < -0.39 is 29.0 Å². The molecule has 5 rings (SSSR count). The number of fused-ring (bicyclic) bond motifs is 6. The second kappa shape index (κ2) is 9.82. The zero-order chi connectivity index (χ0) is 29.0. The first kappa shape index (κ1) is 28.0. The summed E-state index contributed by atoms with van der Waals surface area (Å²) in [6.45, 7) is 8.20. The smallest absolute Gasteiger partial charge is 0.292 e. The Labute approximate surface area is 229 Å². The average Bonchev–Trinajstić information content (AvgIpc) is 3.35. The molecule has 0 radical (unpaired) electrons. The molecule has 2 unspecified atom stereocenters. The van der Waals surface area contributed by atoms with Crippen LogP contribution in [0.4, 0.5) is 26.3 Å². The monoisotopic (exact) mass is 556 g/mol. The van der Waals surface area contributed by atoms with Gasteiger partial charge in [-0.1, -0.05) is 62.8 Å². The Bertz CT molecular complexity index is 1620. The molecule has 0 saturated heterocycles. The molecule has 0 amide bonds. The van der Waals surface area contributed by atoms with Crippen molar-refractivity contribution < 1.29 is 26.3 Å². The fraction of sp³-hybridized carbons (Fsp3) is 0.344. The summed E-state index contributed by atoms with van der Waals surface area (Å²) >= 11 is 0. The number of aromatic nitrogens is 2. The SMILES string of the molecule is CCC=CC(C)(CC)C1CC=Cc2c1c1ncc(-c3c(C(F)(F)F)cccc3C(F)(F)F)n1c1ccc(C)cc21. The van der Waals surface area contributed by atoms with Crippen molar-refractivity contribution in [2.75, 3.05) is 0 Å². The van der Waals surface area contributed by atoms with E-state index in [1.165, 1.54) is 4.40 Å². The number of halogens is 6. The molecule has 2 nitrogen and oxygen atoms in total. The van der Waals surface area contributed by atoms with E-state index in [2.05, 4.69) is 37.1 Å². The zero-order valence-corrected chi connectivity index (χ0v) is 22.7. The summed E-state index contributed by atoms with van der Waals surface area (Å²) in [4.78, 5) is 4.58. The standard InChI is InChI=1S/C32H30F6N2/c1-5-7-16-30(4,6-2)22-11-8-10-20-21-17-19(3)14-15-25(21)40-26(18-39-29(40)27(20)22)28-23(31(33,34)35)12-9-13-24(28)32(36,37)38/h7-10,12-18,22H,5-6,11H2,1-4H3. The maximum atomic E-state index is 14.2. The van der Waals surface area contributed by atoms with Crippen LogP contribution in [0.1, 0.15) is 73.8 Å². The number of hydrogen-bond acceptors (Lipinski definition) is 1. The van der Waals surface area contributed by atoms with Gasteiger partial charge >= 0.3 is 12.4 Å². The lowest BCUT2D eigenvalue weighted by Gasteiger charge is -2.37. The molecule has 1 aliphatic carbocycles. The Morgan fingerprint density at radius 1 is 1.00 bits per heavy atom. The minimum Gasteiger partial charge on any atom is -0.292 e. The Hall–Kier alpha value is -3.55. The average molecular weight is 557 g/mol. The topological polar surface area (TPSA) is 17.3 Å². The van der Waals surface area contributed by atoms with E-state index in [0.29, 0.717) is 29.7 Å². The van der Waals surface area contributed by atoms with Gasteiger partial charge in [-0.2, -0.15) is 26.3 Å². The molecule has 2 atom stereocenters. The molecule has 0 saturated carbocycles. The van der Waals surface area contributed by atoms with Crippen molar-refractivity contribution in [2.24, 2.45) is 5.41 Å². The molecular weight excluding hydrogens is 526 g/mol. The van der Waals surface area contributed by atoms with Gasteiger partial charge in [0, 0.05) is 22.4 Å². The minimum absolute atomic E-state index is 0.0806. The first-order valence-electron chi connectivity index (χ1n) is 13.4. The molecule has 0 spiro atoms. The lowest BCUT2D eigenvalue weighted by atomic mass is 9.67. The van der Waals surface area contributed by atoms with Crippen LogP contribution in [0.15, 0.2) is 60.8 Å². The normalized spacial score (nSPS) is 17.6. The molecule has 210 valence electrons. The maximum absolute atomic E-state index is 14.2. The van der Waals surface area contributed by atoms with Gasteiger partial charge in [-0.3, -0.25) is 4.40 Å². The molecule has 2 aromatic heterocycles. The number of rotatable bonds is 5. The Kier molecular flexibility index (Phi) is 6.87. The van der Waals surface area contributed by atoms with E-state index in [1.54, 1.807) is 6.07 Å². The molecule has 40 heavy (non-hydrogen) atoms. The molecule has 8 heteroatoms. The van der Waals surface area contributed by atoms with Gasteiger partial charge in [0.1, 0.15) is 5.65 Å². The lowest BCUT2D eigenvalue weighted by molar-refractivity contribution is -0.142. The lowest BCUT2D eigenvalue weighted by Crippen LogP contribution is -2.25. The molecule has 4 aromatic rings. The van der Waals surface area contributed by atoms with Crippen LogP contribution in [-0.2, 0) is 12.4 Å². The molecule has 2 aromatic carbocycles. The first-order valence-corrected chi connectivity index (χ1v) is 13.4. The van der Waals surface area contributed by atoms with Crippen LogP contribution in [0, 0.1) is 12.3 Å². The van der Waals surface area contributed by atoms with Crippen molar-refractivity contribution in [3.8, 4) is 11.3 Å². The summed E-state index contributed by atoms with van der Waals surface area (Å²) in [5, 5.41) is 0.763. The third-order valence-electron chi connectivity index (χ3n) is 8.20. The number of benzene rings is 2. The summed E-state index contributed by atoms with van der Waals surface area (Å²) in [7, 11) is 0. The number of aryl methyl sites for hydroxylation is 1. The van der Waals surface area contributed by atoms with Crippen LogP contribution in [0.5, 0.6) is 0 Å². The van der Waals surface area contributed by atoms with Crippen LogP contribution < -0.4 is 0 Å². The molecular formula is C32H30F6N2. The van der Waals surface area contributed by atoms with Crippen molar-refractivity contribution in [3.05, 3.63) is 88.6 Å². The van der Waals surface area contributed by atoms with Crippen molar-refractivity contribution >= 4 is 22.6 Å². The zero-order valence-electron chi connectivity index (χ0n) is 22.7. The quantitative estimate of drug-likeness (QED) is 0.177. The van der Waals surface area contributed by atoms with E-state index in [-0.39, 0.29) is 17.0 Å². The van der Waals surface area contributed by atoms with E-state index in [4.69, 9.17) is 0 Å². The van der Waals surface area contributed by atoms with Crippen molar-refractivity contribution in [1.82, 2.24) is 9.38 Å². The van der Waals surface area contributed by atoms with Crippen LogP contribution in [0.3, 0.4) is 0 Å². The summed E-state index contributed by atoms with van der Waals surface area (Å²) in [5.74, 6) is -0.0806. The van der Waals surface area contributed by atoms with Crippen LogP contribution in [0.25, 0.3) is 33.9 Å². The van der Waals surface area contributed by atoms with Gasteiger partial charge in [0.2, 0.25) is 0 Å². The van der Waals surface area contributed by atoms with E-state index >= 15 is 0 Å². The van der Waals surface area contributed by atoms with Crippen LogP contribution >= 0.6 is 0 Å².